The highest BCUT2D eigenvalue weighted by Gasteiger charge is 2.36. The summed E-state index contributed by atoms with van der Waals surface area (Å²) in [4.78, 5) is 53.7. The maximum Gasteiger partial charge on any atom is 0.436 e. The number of aromatic nitrogens is 4. The van der Waals surface area contributed by atoms with Crippen LogP contribution < -0.4 is 11.3 Å². The lowest BCUT2D eigenvalue weighted by molar-refractivity contribution is -0.159. The van der Waals surface area contributed by atoms with Crippen LogP contribution in [0.1, 0.15) is 38.1 Å². The molecule has 3 rings (SSSR count). The lowest BCUT2D eigenvalue weighted by Gasteiger charge is -2.28. The first-order chi connectivity index (χ1) is 16.1. The van der Waals surface area contributed by atoms with Crippen molar-refractivity contribution >= 4 is 29.1 Å². The van der Waals surface area contributed by atoms with Gasteiger partial charge in [0.25, 0.3) is 5.91 Å². The smallest absolute Gasteiger partial charge is 0.436 e. The normalized spacial score (nSPS) is 13.2. The summed E-state index contributed by atoms with van der Waals surface area (Å²) < 4.78 is 11.6. The van der Waals surface area contributed by atoms with Gasteiger partial charge in [-0.25, -0.2) is 24.6 Å². The van der Waals surface area contributed by atoms with Crippen molar-refractivity contribution in [3.8, 4) is 0 Å². The molecular formula is C22H27N7O5. The molecule has 3 N–H and O–H groups in total. The number of hydrogen-bond acceptors (Lipinski definition) is 9. The number of amides is 1. The second-order valence-electron chi connectivity index (χ2n) is 8.30. The number of hydrazine groups is 1. The standard InChI is InChI=1S/C22H27N7O5/c1-5-29(23)16(20(31)34-22(2,3)4)19(30)28-13-26-17-15(24-12-25-17)18(28)27-21(32)33-11-14-9-7-6-8-10-14/h6-10,12-13,16H,5,11,23H2,1-4H3,(H,24,25). The van der Waals surface area contributed by atoms with Gasteiger partial charge in [-0.05, 0) is 26.3 Å². The number of H-pyrrole nitrogens is 1. The molecule has 12 heteroatoms. The molecule has 0 saturated heterocycles. The lowest BCUT2D eigenvalue weighted by Crippen LogP contribution is -2.55. The molecule has 0 spiro atoms. The number of aromatic amines is 1. The van der Waals surface area contributed by atoms with Crippen LogP contribution in [-0.2, 0) is 20.9 Å². The second kappa shape index (κ2) is 10.4. The number of ether oxygens (including phenoxy) is 2. The Morgan fingerprint density at radius 3 is 2.56 bits per heavy atom. The number of hydrogen-bond donors (Lipinski definition) is 2. The molecule has 0 bridgehead atoms. The molecule has 1 amide bonds. The van der Waals surface area contributed by atoms with E-state index in [4.69, 9.17) is 15.3 Å². The average molecular weight is 470 g/mol. The Bertz CT molecular complexity index is 1240. The fraction of sp³-hybridized carbons (Fsp3) is 0.364. The predicted octanol–water partition coefficient (Wildman–Crippen LogP) is 1.54. The van der Waals surface area contributed by atoms with Crippen LogP contribution in [0, 0.1) is 0 Å². The Kier molecular flexibility index (Phi) is 7.54. The summed E-state index contributed by atoms with van der Waals surface area (Å²) in [7, 11) is 0. The highest BCUT2D eigenvalue weighted by molar-refractivity contribution is 6.03. The number of nitrogens with one attached hydrogen (secondary N) is 1. The first-order valence-electron chi connectivity index (χ1n) is 10.5. The maximum atomic E-state index is 13.5. The van der Waals surface area contributed by atoms with Crippen molar-refractivity contribution in [2.75, 3.05) is 6.54 Å². The molecule has 2 aromatic heterocycles. The average Bonchev–Trinajstić information content (AvgIpc) is 3.26. The Balaban J connectivity index is 2.01. The lowest BCUT2D eigenvalue weighted by atomic mass is 10.2. The number of rotatable bonds is 6. The minimum atomic E-state index is -1.51. The second-order valence-corrected chi connectivity index (χ2v) is 8.30. The van der Waals surface area contributed by atoms with Crippen molar-refractivity contribution in [1.29, 1.82) is 0 Å². The molecule has 0 aliphatic rings. The van der Waals surface area contributed by atoms with E-state index in [1.165, 1.54) is 6.33 Å². The zero-order valence-electron chi connectivity index (χ0n) is 19.4. The van der Waals surface area contributed by atoms with Crippen LogP contribution in [0.5, 0.6) is 0 Å². The summed E-state index contributed by atoms with van der Waals surface area (Å²) in [6.45, 7) is 6.86. The molecule has 1 aromatic carbocycles. The van der Waals surface area contributed by atoms with Gasteiger partial charge < -0.3 is 14.5 Å². The van der Waals surface area contributed by atoms with E-state index < -0.39 is 29.6 Å². The van der Waals surface area contributed by atoms with Crippen LogP contribution in [0.15, 0.2) is 48.0 Å². The minimum Gasteiger partial charge on any atom is -0.458 e. The summed E-state index contributed by atoms with van der Waals surface area (Å²) in [5.41, 5.74) is 0.198. The van der Waals surface area contributed by atoms with E-state index >= 15 is 0 Å². The molecule has 1 unspecified atom stereocenters. The fourth-order valence-corrected chi connectivity index (χ4v) is 3.00. The van der Waals surface area contributed by atoms with Gasteiger partial charge in [0.1, 0.15) is 24.1 Å². The number of nitrogens with two attached hydrogens (primary N) is 1. The number of carbonyl (C=O) groups is 3. The number of fused-ring (bicyclic) bond motifs is 1. The van der Waals surface area contributed by atoms with Crippen molar-refractivity contribution in [2.45, 2.75) is 45.9 Å². The maximum absolute atomic E-state index is 13.5. The third kappa shape index (κ3) is 5.91. The van der Waals surface area contributed by atoms with E-state index in [-0.39, 0.29) is 29.8 Å². The van der Waals surface area contributed by atoms with E-state index in [2.05, 4.69) is 19.9 Å². The third-order valence-electron chi connectivity index (χ3n) is 4.57. The molecule has 3 aromatic rings. The fourth-order valence-electron chi connectivity index (χ4n) is 3.00. The van der Waals surface area contributed by atoms with Crippen molar-refractivity contribution < 1.29 is 23.9 Å². The minimum absolute atomic E-state index is 0.0126. The van der Waals surface area contributed by atoms with Gasteiger partial charge in [-0.15, -0.1) is 0 Å². The zero-order valence-corrected chi connectivity index (χ0v) is 19.4. The van der Waals surface area contributed by atoms with Crippen LogP contribution in [0.3, 0.4) is 0 Å². The number of esters is 1. The topological polar surface area (TPSA) is 158 Å². The highest BCUT2D eigenvalue weighted by atomic mass is 16.6. The molecule has 2 heterocycles. The number of benzene rings is 1. The van der Waals surface area contributed by atoms with E-state index in [1.807, 2.05) is 18.2 Å². The van der Waals surface area contributed by atoms with Crippen LogP contribution >= 0.6 is 0 Å². The number of carbonyl (C=O) groups excluding carboxylic acids is 3. The monoisotopic (exact) mass is 469 g/mol. The first kappa shape index (κ1) is 24.7. The van der Waals surface area contributed by atoms with E-state index in [1.54, 1.807) is 39.8 Å². The zero-order chi connectivity index (χ0) is 24.9. The highest BCUT2D eigenvalue weighted by Crippen LogP contribution is 2.12. The van der Waals surface area contributed by atoms with Crippen LogP contribution in [-0.4, -0.2) is 60.7 Å². The Labute approximate surface area is 195 Å². The predicted molar refractivity (Wildman–Crippen MR) is 121 cm³/mol. The molecule has 0 fully saturated rings. The van der Waals surface area contributed by atoms with Gasteiger partial charge in [-0.1, -0.05) is 37.3 Å². The van der Waals surface area contributed by atoms with Crippen molar-refractivity contribution in [1.82, 2.24) is 24.5 Å². The quantitative estimate of drug-likeness (QED) is 0.236. The Morgan fingerprint density at radius 2 is 1.91 bits per heavy atom. The van der Waals surface area contributed by atoms with Gasteiger partial charge in [-0.2, -0.15) is 4.99 Å². The molecule has 0 saturated carbocycles. The first-order valence-corrected chi connectivity index (χ1v) is 10.5. The Morgan fingerprint density at radius 1 is 1.21 bits per heavy atom. The molecule has 0 aliphatic heterocycles. The molecule has 0 radical (unpaired) electrons. The summed E-state index contributed by atoms with van der Waals surface area (Å²) in [5.74, 6) is 4.31. The summed E-state index contributed by atoms with van der Waals surface area (Å²) >= 11 is 0. The van der Waals surface area contributed by atoms with E-state index in [9.17, 15) is 14.4 Å². The number of likely N-dealkylation sites (N-methyl/N-ethyl adjacent to an activating group) is 1. The summed E-state index contributed by atoms with van der Waals surface area (Å²) in [6, 6.07) is 7.55. The number of imidazole rings is 1. The van der Waals surface area contributed by atoms with E-state index in [0.717, 1.165) is 21.5 Å². The molecule has 180 valence electrons. The molecule has 0 aliphatic carbocycles. The summed E-state index contributed by atoms with van der Waals surface area (Å²) in [6.07, 6.45) is 1.52. The van der Waals surface area contributed by atoms with Gasteiger partial charge in [-0.3, -0.25) is 15.2 Å². The van der Waals surface area contributed by atoms with Crippen molar-refractivity contribution in [2.24, 2.45) is 10.8 Å². The van der Waals surface area contributed by atoms with Crippen LogP contribution in [0.4, 0.5) is 4.79 Å². The SMILES string of the molecule is CCN(N)C(C(=O)OC(C)(C)C)C(=O)n1cnc2nc[nH]c2c1=NC(=O)OCc1ccccc1. The van der Waals surface area contributed by atoms with Gasteiger partial charge in [0.2, 0.25) is 6.04 Å². The summed E-state index contributed by atoms with van der Waals surface area (Å²) in [5, 5.41) is 1.04. The van der Waals surface area contributed by atoms with Gasteiger partial charge in [0.05, 0.1) is 6.33 Å². The van der Waals surface area contributed by atoms with E-state index in [0.29, 0.717) is 0 Å². The van der Waals surface area contributed by atoms with Crippen LogP contribution in [0.25, 0.3) is 11.2 Å². The van der Waals surface area contributed by atoms with Crippen LogP contribution in [0.2, 0.25) is 0 Å². The molecule has 12 nitrogen and oxygen atoms in total. The van der Waals surface area contributed by atoms with Crippen molar-refractivity contribution in [3.05, 3.63) is 54.0 Å². The van der Waals surface area contributed by atoms with Gasteiger partial charge in [0.15, 0.2) is 11.1 Å². The van der Waals surface area contributed by atoms with Gasteiger partial charge >= 0.3 is 12.1 Å². The van der Waals surface area contributed by atoms with Crippen molar-refractivity contribution in [3.63, 3.8) is 0 Å². The molecular weight excluding hydrogens is 442 g/mol. The molecule has 1 atom stereocenters. The van der Waals surface area contributed by atoms with Gasteiger partial charge in [0, 0.05) is 6.54 Å². The largest absolute Gasteiger partial charge is 0.458 e. The third-order valence-corrected chi connectivity index (χ3v) is 4.57. The Hall–Kier alpha value is -3.90. The number of nitrogens with zero attached hydrogens (tertiary/aromatic N) is 5. The molecule has 34 heavy (non-hydrogen) atoms.